The van der Waals surface area contributed by atoms with Gasteiger partial charge in [0.25, 0.3) is 0 Å². The van der Waals surface area contributed by atoms with Crippen LogP contribution in [0.4, 0.5) is 11.4 Å². The van der Waals surface area contributed by atoms with Crippen molar-refractivity contribution >= 4 is 44.8 Å². The first-order valence-electron chi connectivity index (χ1n) is 7.67. The molecule has 6 nitrogen and oxygen atoms in total. The molecule has 0 saturated carbocycles. The third-order valence-corrected chi connectivity index (χ3v) is 6.29. The van der Waals surface area contributed by atoms with E-state index in [1.165, 1.54) is 12.1 Å². The Morgan fingerprint density at radius 1 is 1.33 bits per heavy atom. The summed E-state index contributed by atoms with van der Waals surface area (Å²) < 4.78 is 24.3. The highest BCUT2D eigenvalue weighted by Crippen LogP contribution is 2.29. The maximum Gasteiger partial charge on any atom is 0.239 e. The van der Waals surface area contributed by atoms with Gasteiger partial charge in [-0.1, -0.05) is 20.8 Å². The van der Waals surface area contributed by atoms with Gasteiger partial charge in [0.15, 0.2) is 9.84 Å². The minimum Gasteiger partial charge on any atom is -0.326 e. The normalized spacial score (nSPS) is 16.2. The van der Waals surface area contributed by atoms with Crippen molar-refractivity contribution in [2.75, 3.05) is 22.1 Å². The topological polar surface area (TPSA) is 92.3 Å². The highest BCUT2D eigenvalue weighted by atomic mass is 32.2. The zero-order valence-corrected chi connectivity index (χ0v) is 15.6. The van der Waals surface area contributed by atoms with Crippen LogP contribution in [-0.2, 0) is 19.4 Å². The molecular weight excluding hydrogens is 348 g/mol. The third-order valence-electron chi connectivity index (χ3n) is 3.28. The summed E-state index contributed by atoms with van der Waals surface area (Å²) in [6.07, 6.45) is 1.14. The number of carbonyl (C=O) groups excluding carboxylic acids is 2. The molecule has 1 aliphatic rings. The number of rotatable bonds is 5. The third kappa shape index (κ3) is 5.24. The fraction of sp³-hybridized carbons (Fsp3) is 0.500. The van der Waals surface area contributed by atoms with Crippen molar-refractivity contribution in [2.45, 2.75) is 43.3 Å². The summed E-state index contributed by atoms with van der Waals surface area (Å²) in [6, 6.07) is 4.47. The molecule has 0 atom stereocenters. The molecule has 0 aliphatic carbocycles. The van der Waals surface area contributed by atoms with Gasteiger partial charge in [-0.05, 0) is 30.4 Å². The van der Waals surface area contributed by atoms with E-state index in [1.807, 2.05) is 0 Å². The summed E-state index contributed by atoms with van der Waals surface area (Å²) in [6.45, 7) is 6.39. The second-order valence-corrected chi connectivity index (χ2v) is 10.5. The first-order chi connectivity index (χ1) is 11.1. The summed E-state index contributed by atoms with van der Waals surface area (Å²) in [7, 11) is -3.65. The van der Waals surface area contributed by atoms with Crippen LogP contribution in [0.3, 0.4) is 0 Å². The predicted molar refractivity (Wildman–Crippen MR) is 97.2 cm³/mol. The zero-order valence-electron chi connectivity index (χ0n) is 14.0. The smallest absolute Gasteiger partial charge is 0.239 e. The van der Waals surface area contributed by atoms with E-state index >= 15 is 0 Å². The Balaban J connectivity index is 1.97. The van der Waals surface area contributed by atoms with Gasteiger partial charge < -0.3 is 10.6 Å². The number of thioether (sulfide) groups is 1. The number of amides is 2. The second-order valence-electron chi connectivity index (χ2n) is 6.63. The largest absolute Gasteiger partial charge is 0.326 e. The Kier molecular flexibility index (Phi) is 5.59. The lowest BCUT2D eigenvalue weighted by molar-refractivity contribution is -0.116. The first-order valence-corrected chi connectivity index (χ1v) is 10.3. The van der Waals surface area contributed by atoms with Gasteiger partial charge in [0, 0.05) is 16.9 Å². The molecular formula is C16H22N2O4S2. The Morgan fingerprint density at radius 2 is 2.04 bits per heavy atom. The molecule has 0 spiro atoms. The molecule has 8 heteroatoms. The highest BCUT2D eigenvalue weighted by molar-refractivity contribution is 8.00. The van der Waals surface area contributed by atoms with Crippen molar-refractivity contribution in [2.24, 2.45) is 0 Å². The van der Waals surface area contributed by atoms with Crippen LogP contribution in [-0.4, -0.2) is 36.5 Å². The maximum absolute atomic E-state index is 12.0. The molecule has 1 aromatic carbocycles. The van der Waals surface area contributed by atoms with Crippen molar-refractivity contribution in [1.82, 2.24) is 0 Å². The van der Waals surface area contributed by atoms with Crippen molar-refractivity contribution in [3.05, 3.63) is 18.2 Å². The molecule has 0 saturated heterocycles. The van der Waals surface area contributed by atoms with E-state index in [9.17, 15) is 18.0 Å². The quantitative estimate of drug-likeness (QED) is 0.778. The van der Waals surface area contributed by atoms with E-state index in [2.05, 4.69) is 31.4 Å². The van der Waals surface area contributed by atoms with Crippen LogP contribution < -0.4 is 10.6 Å². The van der Waals surface area contributed by atoms with E-state index in [0.29, 0.717) is 12.1 Å². The standard InChI is InChI=1S/C16H22N2O4S2/c1-16(2,3)23-8-4-5-14(19)17-11-6-7-12-13(9-11)24(21,22)10-15(20)18-12/h6-7,9H,4-5,8,10H2,1-3H3,(H,17,19)(H,18,20). The number of anilines is 2. The first kappa shape index (κ1) is 18.8. The molecule has 132 valence electrons. The molecule has 0 bridgehead atoms. The number of sulfone groups is 1. The summed E-state index contributed by atoms with van der Waals surface area (Å²) >= 11 is 1.80. The molecule has 2 rings (SSSR count). The van der Waals surface area contributed by atoms with E-state index in [4.69, 9.17) is 0 Å². The van der Waals surface area contributed by atoms with E-state index in [1.54, 1.807) is 17.8 Å². The number of carbonyl (C=O) groups is 2. The minimum atomic E-state index is -3.65. The van der Waals surface area contributed by atoms with Crippen molar-refractivity contribution in [3.63, 3.8) is 0 Å². The van der Waals surface area contributed by atoms with Crippen molar-refractivity contribution in [1.29, 1.82) is 0 Å². The molecule has 0 fully saturated rings. The van der Waals surface area contributed by atoms with Gasteiger partial charge in [0.2, 0.25) is 11.8 Å². The zero-order chi connectivity index (χ0) is 18.0. The summed E-state index contributed by atoms with van der Waals surface area (Å²) in [5.74, 6) is -0.375. The van der Waals surface area contributed by atoms with Gasteiger partial charge in [0.1, 0.15) is 5.75 Å². The molecule has 1 aromatic rings. The predicted octanol–water partition coefficient (Wildman–Crippen LogP) is 2.66. The monoisotopic (exact) mass is 370 g/mol. The molecule has 2 amide bonds. The van der Waals surface area contributed by atoms with E-state index in [-0.39, 0.29) is 21.2 Å². The van der Waals surface area contributed by atoms with Crippen LogP contribution in [0.1, 0.15) is 33.6 Å². The van der Waals surface area contributed by atoms with Crippen molar-refractivity contribution in [3.8, 4) is 0 Å². The SMILES string of the molecule is CC(C)(C)SCCCC(=O)Nc1ccc2c(c1)S(=O)(=O)CC(=O)N2. The van der Waals surface area contributed by atoms with Crippen LogP contribution in [0.5, 0.6) is 0 Å². The second kappa shape index (κ2) is 7.14. The van der Waals surface area contributed by atoms with Crippen LogP contribution in [0.25, 0.3) is 0 Å². The summed E-state index contributed by atoms with van der Waals surface area (Å²) in [5, 5.41) is 5.23. The maximum atomic E-state index is 12.0. The van der Waals surface area contributed by atoms with Gasteiger partial charge in [-0.3, -0.25) is 9.59 Å². The average Bonchev–Trinajstić information content (AvgIpc) is 2.42. The number of fused-ring (bicyclic) bond motifs is 1. The van der Waals surface area contributed by atoms with Gasteiger partial charge in [0.05, 0.1) is 10.6 Å². The number of hydrogen-bond donors (Lipinski definition) is 2. The number of nitrogens with one attached hydrogen (secondary N) is 2. The van der Waals surface area contributed by atoms with Gasteiger partial charge in [-0.2, -0.15) is 11.8 Å². The van der Waals surface area contributed by atoms with Gasteiger partial charge in [-0.15, -0.1) is 0 Å². The average molecular weight is 370 g/mol. The molecule has 0 aromatic heterocycles. The Bertz CT molecular complexity index is 752. The summed E-state index contributed by atoms with van der Waals surface area (Å²) in [4.78, 5) is 23.4. The van der Waals surface area contributed by atoms with Crippen LogP contribution in [0.15, 0.2) is 23.1 Å². The fourth-order valence-electron chi connectivity index (χ4n) is 2.23. The van der Waals surface area contributed by atoms with Crippen LogP contribution >= 0.6 is 11.8 Å². The molecule has 1 heterocycles. The molecule has 1 aliphatic heterocycles. The lowest BCUT2D eigenvalue weighted by Gasteiger charge is -2.18. The van der Waals surface area contributed by atoms with Gasteiger partial charge in [-0.25, -0.2) is 8.42 Å². The summed E-state index contributed by atoms with van der Waals surface area (Å²) in [5.41, 5.74) is 0.674. The lowest BCUT2D eigenvalue weighted by Crippen LogP contribution is -2.29. The molecule has 0 radical (unpaired) electrons. The minimum absolute atomic E-state index is 0.0446. The molecule has 2 N–H and O–H groups in total. The molecule has 24 heavy (non-hydrogen) atoms. The number of hydrogen-bond acceptors (Lipinski definition) is 5. The Labute approximate surface area is 146 Å². The Morgan fingerprint density at radius 3 is 2.71 bits per heavy atom. The van der Waals surface area contributed by atoms with E-state index in [0.717, 1.165) is 12.2 Å². The molecule has 0 unspecified atom stereocenters. The van der Waals surface area contributed by atoms with E-state index < -0.39 is 21.5 Å². The van der Waals surface area contributed by atoms with Crippen LogP contribution in [0, 0.1) is 0 Å². The van der Waals surface area contributed by atoms with Crippen molar-refractivity contribution < 1.29 is 18.0 Å². The lowest BCUT2D eigenvalue weighted by atomic mass is 10.2. The fourth-order valence-corrected chi connectivity index (χ4v) is 4.47. The van der Waals surface area contributed by atoms with Gasteiger partial charge >= 0.3 is 0 Å². The highest BCUT2D eigenvalue weighted by Gasteiger charge is 2.29. The Hall–Kier alpha value is -1.54. The number of benzene rings is 1. The van der Waals surface area contributed by atoms with Crippen LogP contribution in [0.2, 0.25) is 0 Å².